The largest absolute Gasteiger partial charge is 0.367 e. The molecule has 2 amide bonds. The van der Waals surface area contributed by atoms with Gasteiger partial charge in [0.15, 0.2) is 5.60 Å². The van der Waals surface area contributed by atoms with Crippen LogP contribution in [0.1, 0.15) is 17.4 Å². The molecule has 1 atom stereocenters. The molecule has 6 nitrogen and oxygen atoms in total. The number of fused-ring (bicyclic) bond motifs is 1. The summed E-state index contributed by atoms with van der Waals surface area (Å²) < 4.78 is 20.5. The van der Waals surface area contributed by atoms with Crippen LogP contribution in [0.2, 0.25) is 0 Å². The van der Waals surface area contributed by atoms with Gasteiger partial charge in [-0.3, -0.25) is 9.59 Å². The highest BCUT2D eigenvalue weighted by atomic mass is 19.1. The van der Waals surface area contributed by atoms with Crippen LogP contribution in [0.15, 0.2) is 24.3 Å². The first-order valence-corrected chi connectivity index (χ1v) is 7.30. The van der Waals surface area contributed by atoms with E-state index in [-0.39, 0.29) is 24.9 Å². The van der Waals surface area contributed by atoms with Gasteiger partial charge in [-0.2, -0.15) is 0 Å². The van der Waals surface area contributed by atoms with E-state index in [2.05, 4.69) is 0 Å². The Balaban J connectivity index is 1.94. The van der Waals surface area contributed by atoms with Gasteiger partial charge in [0.05, 0.1) is 13.2 Å². The van der Waals surface area contributed by atoms with Crippen molar-refractivity contribution in [1.29, 1.82) is 0 Å². The van der Waals surface area contributed by atoms with Gasteiger partial charge in [-0.25, -0.2) is 4.39 Å². The monoisotopic (exact) mass is 319 g/mol. The maximum Gasteiger partial charge on any atom is 0.270 e. The molecule has 1 aromatic carbocycles. The van der Waals surface area contributed by atoms with Gasteiger partial charge in [0.1, 0.15) is 11.5 Å². The number of amides is 2. The molecular weight excluding hydrogens is 301 g/mol. The summed E-state index contributed by atoms with van der Waals surface area (Å²) in [6.45, 7) is 2.28. The minimum absolute atomic E-state index is 0.0943. The van der Waals surface area contributed by atoms with Crippen LogP contribution in [0, 0.1) is 5.82 Å². The number of hydrogen-bond acceptors (Lipinski definition) is 3. The number of primary amides is 1. The highest BCUT2D eigenvalue weighted by Crippen LogP contribution is 2.23. The topological polar surface area (TPSA) is 77.6 Å². The Morgan fingerprint density at radius 3 is 2.78 bits per heavy atom. The van der Waals surface area contributed by atoms with Crippen LogP contribution < -0.4 is 5.73 Å². The van der Waals surface area contributed by atoms with Crippen LogP contribution in [0.25, 0.3) is 10.9 Å². The van der Waals surface area contributed by atoms with Crippen molar-refractivity contribution in [2.45, 2.75) is 12.5 Å². The molecule has 7 heteroatoms. The maximum absolute atomic E-state index is 13.4. The van der Waals surface area contributed by atoms with Crippen molar-refractivity contribution < 1.29 is 18.7 Å². The summed E-state index contributed by atoms with van der Waals surface area (Å²) in [4.78, 5) is 25.9. The Kier molecular flexibility index (Phi) is 3.60. The van der Waals surface area contributed by atoms with Gasteiger partial charge in [-0.15, -0.1) is 0 Å². The summed E-state index contributed by atoms with van der Waals surface area (Å²) in [6.07, 6.45) is 0. The Labute approximate surface area is 132 Å². The van der Waals surface area contributed by atoms with E-state index in [1.165, 1.54) is 12.1 Å². The predicted octanol–water partition coefficient (Wildman–Crippen LogP) is 1.03. The van der Waals surface area contributed by atoms with Crippen LogP contribution in [0.3, 0.4) is 0 Å². The van der Waals surface area contributed by atoms with Gasteiger partial charge in [0.25, 0.3) is 11.8 Å². The van der Waals surface area contributed by atoms with E-state index >= 15 is 0 Å². The first-order chi connectivity index (χ1) is 10.8. The molecule has 1 fully saturated rings. The highest BCUT2D eigenvalue weighted by molar-refractivity contribution is 5.99. The molecule has 2 N–H and O–H groups in total. The molecule has 1 saturated heterocycles. The molecule has 2 heterocycles. The molecule has 122 valence electrons. The Bertz CT molecular complexity index is 801. The highest BCUT2D eigenvalue weighted by Gasteiger charge is 2.39. The molecule has 2 aromatic rings. The Morgan fingerprint density at radius 2 is 2.09 bits per heavy atom. The molecule has 0 saturated carbocycles. The molecule has 0 spiro atoms. The van der Waals surface area contributed by atoms with Crippen molar-refractivity contribution >= 4 is 22.7 Å². The van der Waals surface area contributed by atoms with Crippen molar-refractivity contribution in [1.82, 2.24) is 9.47 Å². The van der Waals surface area contributed by atoms with Gasteiger partial charge in [-0.1, -0.05) is 0 Å². The number of carbonyl (C=O) groups is 2. The molecule has 0 radical (unpaired) electrons. The SMILES string of the molecule is Cn1c(C(=O)N2CCOC(C)(C(N)=O)C2)cc2cc(F)ccc21. The van der Waals surface area contributed by atoms with Crippen molar-refractivity contribution in [2.24, 2.45) is 12.8 Å². The van der Waals surface area contributed by atoms with Gasteiger partial charge in [-0.05, 0) is 31.2 Å². The van der Waals surface area contributed by atoms with Gasteiger partial charge >= 0.3 is 0 Å². The number of aromatic nitrogens is 1. The normalized spacial score (nSPS) is 21.6. The number of morpholine rings is 1. The molecule has 1 aliphatic heterocycles. The average molecular weight is 319 g/mol. The molecule has 0 bridgehead atoms. The summed E-state index contributed by atoms with van der Waals surface area (Å²) in [5.41, 5.74) is 5.37. The zero-order valence-electron chi connectivity index (χ0n) is 13.0. The Morgan fingerprint density at radius 1 is 1.35 bits per heavy atom. The predicted molar refractivity (Wildman–Crippen MR) is 82.3 cm³/mol. The number of carbonyl (C=O) groups excluding carboxylic acids is 2. The van der Waals surface area contributed by atoms with E-state index < -0.39 is 11.5 Å². The number of halogens is 1. The van der Waals surface area contributed by atoms with Crippen molar-refractivity contribution in [3.8, 4) is 0 Å². The summed E-state index contributed by atoms with van der Waals surface area (Å²) in [5.74, 6) is -1.19. The van der Waals surface area contributed by atoms with Crippen LogP contribution in [0.4, 0.5) is 4.39 Å². The number of ether oxygens (including phenoxy) is 1. The lowest BCUT2D eigenvalue weighted by atomic mass is 10.0. The van der Waals surface area contributed by atoms with E-state index in [0.29, 0.717) is 17.6 Å². The van der Waals surface area contributed by atoms with Gasteiger partial charge < -0.3 is 19.9 Å². The van der Waals surface area contributed by atoms with Crippen LogP contribution >= 0.6 is 0 Å². The Hall–Kier alpha value is -2.41. The van der Waals surface area contributed by atoms with E-state index in [4.69, 9.17) is 10.5 Å². The van der Waals surface area contributed by atoms with E-state index in [1.54, 1.807) is 35.6 Å². The summed E-state index contributed by atoms with van der Waals surface area (Å²) in [5, 5.41) is 0.654. The first-order valence-electron chi connectivity index (χ1n) is 7.30. The van der Waals surface area contributed by atoms with Crippen LogP contribution in [-0.2, 0) is 16.6 Å². The first kappa shape index (κ1) is 15.5. The van der Waals surface area contributed by atoms with Crippen LogP contribution in [-0.4, -0.2) is 46.6 Å². The molecule has 1 aromatic heterocycles. The third-order valence-corrected chi connectivity index (χ3v) is 4.31. The van der Waals surface area contributed by atoms with Crippen molar-refractivity contribution in [2.75, 3.05) is 19.7 Å². The summed E-state index contributed by atoms with van der Waals surface area (Å²) >= 11 is 0. The fourth-order valence-corrected chi connectivity index (χ4v) is 2.88. The fourth-order valence-electron chi connectivity index (χ4n) is 2.88. The summed E-state index contributed by atoms with van der Waals surface area (Å²) in [6, 6.07) is 6.03. The smallest absolute Gasteiger partial charge is 0.270 e. The average Bonchev–Trinajstić information content (AvgIpc) is 2.82. The number of nitrogens with two attached hydrogens (primary N) is 1. The standard InChI is InChI=1S/C16H18FN3O3/c1-16(15(18)22)9-20(5-6-23-16)14(21)13-8-10-7-11(17)3-4-12(10)19(13)2/h3-4,7-8H,5-6,9H2,1-2H3,(H2,18,22). The lowest BCUT2D eigenvalue weighted by molar-refractivity contribution is -0.150. The molecular formula is C16H18FN3O3. The molecule has 0 aliphatic carbocycles. The fraction of sp³-hybridized carbons (Fsp3) is 0.375. The second kappa shape index (κ2) is 5.34. The summed E-state index contributed by atoms with van der Waals surface area (Å²) in [7, 11) is 1.75. The second-order valence-corrected chi connectivity index (χ2v) is 5.96. The third-order valence-electron chi connectivity index (χ3n) is 4.31. The zero-order valence-corrected chi connectivity index (χ0v) is 13.0. The maximum atomic E-state index is 13.4. The number of hydrogen-bond donors (Lipinski definition) is 1. The zero-order chi connectivity index (χ0) is 16.8. The van der Waals surface area contributed by atoms with E-state index in [0.717, 1.165) is 5.52 Å². The minimum atomic E-state index is -1.19. The number of benzene rings is 1. The lowest BCUT2D eigenvalue weighted by Crippen LogP contribution is -2.58. The van der Waals surface area contributed by atoms with Crippen molar-refractivity contribution in [3.63, 3.8) is 0 Å². The molecule has 3 rings (SSSR count). The van der Waals surface area contributed by atoms with E-state index in [1.807, 2.05) is 0 Å². The van der Waals surface area contributed by atoms with E-state index in [9.17, 15) is 14.0 Å². The molecule has 1 unspecified atom stereocenters. The van der Waals surface area contributed by atoms with Gasteiger partial charge in [0, 0.05) is 24.5 Å². The van der Waals surface area contributed by atoms with Crippen molar-refractivity contribution in [3.05, 3.63) is 35.8 Å². The lowest BCUT2D eigenvalue weighted by Gasteiger charge is -2.38. The van der Waals surface area contributed by atoms with Gasteiger partial charge in [0.2, 0.25) is 0 Å². The number of rotatable bonds is 2. The quantitative estimate of drug-likeness (QED) is 0.898. The molecule has 1 aliphatic rings. The number of aryl methyl sites for hydroxylation is 1. The third kappa shape index (κ3) is 2.57. The molecule has 23 heavy (non-hydrogen) atoms. The van der Waals surface area contributed by atoms with Crippen LogP contribution in [0.5, 0.6) is 0 Å². The number of nitrogens with zero attached hydrogens (tertiary/aromatic N) is 2. The second-order valence-electron chi connectivity index (χ2n) is 5.96. The minimum Gasteiger partial charge on any atom is -0.367 e.